The number of hydrogen-bond acceptors (Lipinski definition) is 6. The third-order valence-corrected chi connectivity index (χ3v) is 9.79. The second kappa shape index (κ2) is 13.5. The average molecular weight is 624 g/mol. The Morgan fingerprint density at radius 2 is 1.73 bits per heavy atom. The Morgan fingerprint density at radius 3 is 2.32 bits per heavy atom. The van der Waals surface area contributed by atoms with Gasteiger partial charge in [-0.3, -0.25) is 19.2 Å². The summed E-state index contributed by atoms with van der Waals surface area (Å²) in [6.07, 6.45) is 4.98. The van der Waals surface area contributed by atoms with Gasteiger partial charge in [0, 0.05) is 52.8 Å². The number of rotatable bonds is 13. The number of allylic oxidation sites excluding steroid dienone is 2. The van der Waals surface area contributed by atoms with E-state index in [9.17, 15) is 29.4 Å². The van der Waals surface area contributed by atoms with Gasteiger partial charge in [0.2, 0.25) is 5.91 Å². The van der Waals surface area contributed by atoms with E-state index in [0.29, 0.717) is 31.3 Å². The summed E-state index contributed by atoms with van der Waals surface area (Å²) in [6.45, 7) is 13.5. The first-order valence-corrected chi connectivity index (χ1v) is 15.7. The van der Waals surface area contributed by atoms with E-state index in [-0.39, 0.29) is 59.7 Å². The highest BCUT2D eigenvalue weighted by Gasteiger charge is 2.41. The SMILES string of the molecule is C=CC1=C(C)[C@@H](Cc2[n-]c(CC3=C(CCC(=O)O)C(C)/C(=C\C4NC(=O)[C@H](C)[C@H]4[C@@H](C)S)N3)c(CCC(=O)O)c2C)NC1=O. The van der Waals surface area contributed by atoms with Gasteiger partial charge in [0.1, 0.15) is 0 Å². The Morgan fingerprint density at radius 1 is 1.07 bits per heavy atom. The molecule has 3 aliphatic rings. The highest BCUT2D eigenvalue weighted by Crippen LogP contribution is 2.37. The minimum absolute atomic E-state index is 0.00128. The van der Waals surface area contributed by atoms with Crippen LogP contribution in [-0.2, 0) is 38.4 Å². The Hall–Kier alpha value is -3.73. The van der Waals surface area contributed by atoms with Gasteiger partial charge < -0.3 is 31.1 Å². The molecule has 0 spiro atoms. The molecule has 0 aliphatic carbocycles. The van der Waals surface area contributed by atoms with Crippen LogP contribution >= 0.6 is 12.6 Å². The largest absolute Gasteiger partial charge is 0.664 e. The van der Waals surface area contributed by atoms with Gasteiger partial charge in [0.25, 0.3) is 5.91 Å². The van der Waals surface area contributed by atoms with E-state index < -0.39 is 11.9 Å². The van der Waals surface area contributed by atoms with Crippen molar-refractivity contribution in [2.24, 2.45) is 17.8 Å². The summed E-state index contributed by atoms with van der Waals surface area (Å²) in [5.74, 6) is -2.28. The van der Waals surface area contributed by atoms with Crippen LogP contribution in [0.5, 0.6) is 0 Å². The molecule has 0 saturated carbocycles. The molecule has 5 N–H and O–H groups in total. The fourth-order valence-corrected chi connectivity index (χ4v) is 7.29. The molecule has 3 aliphatic heterocycles. The van der Waals surface area contributed by atoms with E-state index in [1.807, 2.05) is 40.7 Å². The first kappa shape index (κ1) is 33.2. The zero-order chi connectivity index (χ0) is 32.5. The maximum atomic E-state index is 12.5. The molecule has 4 rings (SSSR count). The molecule has 0 radical (unpaired) electrons. The number of aromatic nitrogens is 1. The fraction of sp³-hybridized carbons (Fsp3) is 0.515. The monoisotopic (exact) mass is 623 g/mol. The number of amides is 2. The summed E-state index contributed by atoms with van der Waals surface area (Å²) in [4.78, 5) is 53.0. The number of carbonyl (C=O) groups excluding carboxylic acids is 2. The van der Waals surface area contributed by atoms with Crippen molar-refractivity contribution in [2.75, 3.05) is 0 Å². The number of carboxylic acids is 2. The van der Waals surface area contributed by atoms with Gasteiger partial charge in [0.15, 0.2) is 0 Å². The smallest absolute Gasteiger partial charge is 0.303 e. The molecule has 1 saturated heterocycles. The molecule has 238 valence electrons. The Labute approximate surface area is 263 Å². The zero-order valence-corrected chi connectivity index (χ0v) is 26.9. The summed E-state index contributed by atoms with van der Waals surface area (Å²) < 4.78 is 0. The molecule has 0 aromatic carbocycles. The Balaban J connectivity index is 1.68. The predicted octanol–water partition coefficient (Wildman–Crippen LogP) is 3.37. The van der Waals surface area contributed by atoms with Gasteiger partial charge in [0.05, 0.1) is 12.1 Å². The maximum absolute atomic E-state index is 12.5. The lowest BCUT2D eigenvalue weighted by Gasteiger charge is -2.23. The second-order valence-electron chi connectivity index (χ2n) is 12.2. The lowest BCUT2D eigenvalue weighted by Crippen LogP contribution is -2.32. The number of nitrogens with one attached hydrogen (secondary N) is 3. The van der Waals surface area contributed by atoms with Gasteiger partial charge in [-0.25, -0.2) is 0 Å². The van der Waals surface area contributed by atoms with Crippen LogP contribution in [0, 0.1) is 24.7 Å². The van der Waals surface area contributed by atoms with Crippen LogP contribution in [0.25, 0.3) is 0 Å². The number of thiol groups is 1. The standard InChI is InChI=1S/C33H43N4O6S/c1-7-20-15(2)25(36-33(20)43)12-23-16(3)21(8-10-29(38)39)26(34-23)14-27-22(9-11-30(40)41)17(4)24(35-27)13-28-31(19(6)44)18(5)32(42)37-28/h7,13,17-19,25,28,31,35,44H,1,8-12,14H2,2-6H3,(H,36,43)(H,37,42)(H,38,39)(H,40,41)/q-1/b24-13+/t17?,18-,19-,25-,28?,31+/m1/s1. The Kier molecular flexibility index (Phi) is 10.2. The summed E-state index contributed by atoms with van der Waals surface area (Å²) in [5.41, 5.74) is 7.43. The van der Waals surface area contributed by atoms with Gasteiger partial charge in [-0.2, -0.15) is 24.0 Å². The Bertz CT molecular complexity index is 1470. The van der Waals surface area contributed by atoms with E-state index in [0.717, 1.165) is 45.1 Å². The van der Waals surface area contributed by atoms with Gasteiger partial charge in [-0.05, 0) is 56.8 Å². The second-order valence-corrected chi connectivity index (χ2v) is 13.0. The lowest BCUT2D eigenvalue weighted by molar-refractivity contribution is -0.138. The normalized spacial score (nSPS) is 26.7. The molecule has 6 atom stereocenters. The van der Waals surface area contributed by atoms with Crippen molar-refractivity contribution in [3.63, 3.8) is 0 Å². The van der Waals surface area contributed by atoms with Crippen molar-refractivity contribution in [3.05, 3.63) is 69.4 Å². The van der Waals surface area contributed by atoms with E-state index in [4.69, 9.17) is 4.98 Å². The van der Waals surface area contributed by atoms with Crippen LogP contribution < -0.4 is 20.9 Å². The summed E-state index contributed by atoms with van der Waals surface area (Å²) >= 11 is 4.65. The van der Waals surface area contributed by atoms with Gasteiger partial charge in [-0.15, -0.1) is 0 Å². The quantitative estimate of drug-likeness (QED) is 0.183. The van der Waals surface area contributed by atoms with Crippen molar-refractivity contribution >= 4 is 36.4 Å². The van der Waals surface area contributed by atoms with E-state index in [1.165, 1.54) is 0 Å². The number of hydrogen-bond donors (Lipinski definition) is 6. The number of carboxylic acid groups (broad SMARTS) is 2. The lowest BCUT2D eigenvalue weighted by atomic mass is 9.87. The minimum atomic E-state index is -0.907. The molecular weight excluding hydrogens is 580 g/mol. The molecule has 1 aromatic rings. The fourth-order valence-electron chi connectivity index (χ4n) is 6.85. The molecule has 0 bridgehead atoms. The molecule has 2 amide bonds. The average Bonchev–Trinajstić information content (AvgIpc) is 3.59. The highest BCUT2D eigenvalue weighted by molar-refractivity contribution is 7.80. The molecule has 11 heteroatoms. The molecular formula is C33H43N4O6S-. The topological polar surface area (TPSA) is 159 Å². The van der Waals surface area contributed by atoms with Crippen LogP contribution in [0.1, 0.15) is 69.5 Å². The zero-order valence-electron chi connectivity index (χ0n) is 26.0. The number of aliphatic carboxylic acids is 2. The van der Waals surface area contributed by atoms with Gasteiger partial charge >= 0.3 is 11.9 Å². The first-order chi connectivity index (χ1) is 20.7. The summed E-state index contributed by atoms with van der Waals surface area (Å²) in [5, 5.41) is 28.5. The highest BCUT2D eigenvalue weighted by atomic mass is 32.1. The number of carbonyl (C=O) groups is 4. The van der Waals surface area contributed by atoms with Crippen molar-refractivity contribution in [3.8, 4) is 0 Å². The minimum Gasteiger partial charge on any atom is -0.664 e. The third kappa shape index (κ3) is 6.82. The van der Waals surface area contributed by atoms with Crippen LogP contribution in [0.4, 0.5) is 0 Å². The first-order valence-electron chi connectivity index (χ1n) is 15.1. The molecule has 44 heavy (non-hydrogen) atoms. The van der Waals surface area contributed by atoms with Crippen molar-refractivity contribution in [2.45, 2.75) is 90.5 Å². The molecule has 4 heterocycles. The van der Waals surface area contributed by atoms with Crippen LogP contribution in [0.2, 0.25) is 0 Å². The maximum Gasteiger partial charge on any atom is 0.303 e. The molecule has 1 fully saturated rings. The predicted molar refractivity (Wildman–Crippen MR) is 170 cm³/mol. The van der Waals surface area contributed by atoms with Crippen molar-refractivity contribution < 1.29 is 29.4 Å². The van der Waals surface area contributed by atoms with Crippen molar-refractivity contribution in [1.82, 2.24) is 20.9 Å². The van der Waals surface area contributed by atoms with E-state index in [2.05, 4.69) is 35.2 Å². The van der Waals surface area contributed by atoms with Crippen LogP contribution in [0.3, 0.4) is 0 Å². The molecule has 2 unspecified atom stereocenters. The van der Waals surface area contributed by atoms with Crippen LogP contribution in [-0.4, -0.2) is 51.3 Å². The van der Waals surface area contributed by atoms with E-state index in [1.54, 1.807) is 6.08 Å². The molecule has 1 aromatic heterocycles. The summed E-state index contributed by atoms with van der Waals surface area (Å²) in [6, 6.07) is -0.453. The van der Waals surface area contributed by atoms with E-state index >= 15 is 0 Å². The van der Waals surface area contributed by atoms with Crippen molar-refractivity contribution in [1.29, 1.82) is 0 Å². The van der Waals surface area contributed by atoms with Crippen LogP contribution in [0.15, 0.2) is 46.8 Å². The third-order valence-electron chi connectivity index (χ3n) is 9.45. The summed E-state index contributed by atoms with van der Waals surface area (Å²) in [7, 11) is 0. The number of nitrogens with zero attached hydrogens (tertiary/aromatic N) is 1. The molecule has 10 nitrogen and oxygen atoms in total. The van der Waals surface area contributed by atoms with Gasteiger partial charge in [-0.1, -0.05) is 44.6 Å².